The largest absolute Gasteiger partial charge is 0.508 e. The van der Waals surface area contributed by atoms with Crippen molar-refractivity contribution in [2.75, 3.05) is 12.3 Å². The number of pyridine rings is 1. The van der Waals surface area contributed by atoms with Crippen molar-refractivity contribution in [2.24, 2.45) is 0 Å². The third-order valence-electron chi connectivity index (χ3n) is 3.56. The van der Waals surface area contributed by atoms with Crippen LogP contribution < -0.4 is 5.73 Å². The molecule has 0 saturated carbocycles. The number of phenolic OH excluding ortho intramolecular Hbond substituents is 1. The van der Waals surface area contributed by atoms with E-state index in [0.717, 1.165) is 11.1 Å². The summed E-state index contributed by atoms with van der Waals surface area (Å²) in [5.74, 6) is 0.421. The summed E-state index contributed by atoms with van der Waals surface area (Å²) in [4.78, 5) is 3.96. The summed E-state index contributed by atoms with van der Waals surface area (Å²) in [6, 6.07) is 7.98. The average molecular weight is 305 g/mol. The summed E-state index contributed by atoms with van der Waals surface area (Å²) in [6.07, 6.45) is 1.89. The topological polar surface area (TPSA) is 96.5 Å². The number of hydrogen-bond donors (Lipinski definition) is 2. The number of fused-ring (bicyclic) bond motifs is 1. The van der Waals surface area contributed by atoms with Gasteiger partial charge >= 0.3 is 0 Å². The molecule has 6 nitrogen and oxygen atoms in total. The van der Waals surface area contributed by atoms with Crippen LogP contribution in [0.1, 0.15) is 11.1 Å². The van der Waals surface area contributed by atoms with Crippen molar-refractivity contribution in [2.45, 2.75) is 17.9 Å². The van der Waals surface area contributed by atoms with Crippen molar-refractivity contribution in [1.82, 2.24) is 9.29 Å². The maximum Gasteiger partial charge on any atom is 0.244 e. The zero-order chi connectivity index (χ0) is 15.0. The van der Waals surface area contributed by atoms with E-state index in [0.29, 0.717) is 13.0 Å². The Labute approximate surface area is 122 Å². The molecule has 0 fully saturated rings. The molecule has 3 rings (SSSR count). The minimum atomic E-state index is -3.60. The van der Waals surface area contributed by atoms with Crippen molar-refractivity contribution < 1.29 is 13.5 Å². The van der Waals surface area contributed by atoms with Crippen LogP contribution in [0.15, 0.2) is 41.4 Å². The van der Waals surface area contributed by atoms with Gasteiger partial charge in [0.25, 0.3) is 0 Å². The number of aromatic hydroxyl groups is 1. The molecule has 1 aliphatic rings. The highest BCUT2D eigenvalue weighted by Gasteiger charge is 2.28. The van der Waals surface area contributed by atoms with Gasteiger partial charge in [0.1, 0.15) is 16.5 Å². The molecule has 2 aromatic rings. The first-order valence-electron chi connectivity index (χ1n) is 6.49. The standard InChI is InChI=1S/C14H15N3O3S/c15-14-4-3-13(8-16-14)21(19,20)17-6-5-10-1-2-12(18)7-11(10)9-17/h1-4,7-8,18H,5-6,9H2,(H2,15,16). The predicted molar refractivity (Wildman–Crippen MR) is 78.1 cm³/mol. The van der Waals surface area contributed by atoms with Gasteiger partial charge in [0.05, 0.1) is 0 Å². The van der Waals surface area contributed by atoms with Crippen LogP contribution in [-0.4, -0.2) is 29.4 Å². The second kappa shape index (κ2) is 5.01. The van der Waals surface area contributed by atoms with Crippen LogP contribution in [0.2, 0.25) is 0 Å². The minimum Gasteiger partial charge on any atom is -0.508 e. The molecule has 7 heteroatoms. The highest BCUT2D eigenvalue weighted by Crippen LogP contribution is 2.27. The number of nitrogens with zero attached hydrogens (tertiary/aromatic N) is 2. The van der Waals surface area contributed by atoms with E-state index in [-0.39, 0.29) is 23.0 Å². The number of benzene rings is 1. The van der Waals surface area contributed by atoms with E-state index in [1.807, 2.05) is 6.07 Å². The smallest absolute Gasteiger partial charge is 0.244 e. The number of sulfonamides is 1. The number of hydrogen-bond acceptors (Lipinski definition) is 5. The first-order chi connectivity index (χ1) is 9.96. The minimum absolute atomic E-state index is 0.125. The van der Waals surface area contributed by atoms with Crippen molar-refractivity contribution in [3.63, 3.8) is 0 Å². The molecule has 0 bridgehead atoms. The molecule has 0 saturated heterocycles. The van der Waals surface area contributed by atoms with Crippen LogP contribution in [0.25, 0.3) is 0 Å². The Morgan fingerprint density at radius 3 is 2.71 bits per heavy atom. The Bertz CT molecular complexity index is 773. The van der Waals surface area contributed by atoms with Crippen LogP contribution in [-0.2, 0) is 23.0 Å². The van der Waals surface area contributed by atoms with Crippen LogP contribution in [0.3, 0.4) is 0 Å². The lowest BCUT2D eigenvalue weighted by molar-refractivity contribution is 0.388. The molecule has 21 heavy (non-hydrogen) atoms. The fourth-order valence-corrected chi connectivity index (χ4v) is 3.78. The first-order valence-corrected chi connectivity index (χ1v) is 7.93. The van der Waals surface area contributed by atoms with Crippen molar-refractivity contribution in [3.05, 3.63) is 47.7 Å². The third kappa shape index (κ3) is 2.57. The highest BCUT2D eigenvalue weighted by molar-refractivity contribution is 7.89. The Hall–Kier alpha value is -2.12. The number of anilines is 1. The van der Waals surface area contributed by atoms with Gasteiger partial charge in [-0.1, -0.05) is 6.07 Å². The number of phenols is 1. The molecule has 3 N–H and O–H groups in total. The molecule has 1 aromatic heterocycles. The Morgan fingerprint density at radius 1 is 1.19 bits per heavy atom. The van der Waals surface area contributed by atoms with Crippen molar-refractivity contribution in [3.8, 4) is 5.75 Å². The summed E-state index contributed by atoms with van der Waals surface area (Å²) in [7, 11) is -3.60. The second-order valence-electron chi connectivity index (χ2n) is 4.96. The molecule has 0 aliphatic carbocycles. The lowest BCUT2D eigenvalue weighted by Gasteiger charge is -2.28. The lowest BCUT2D eigenvalue weighted by atomic mass is 10.0. The monoisotopic (exact) mass is 305 g/mol. The maximum atomic E-state index is 12.6. The normalized spacial score (nSPS) is 15.6. The number of nitrogens with two attached hydrogens (primary N) is 1. The maximum absolute atomic E-state index is 12.6. The summed E-state index contributed by atoms with van der Waals surface area (Å²) in [5, 5.41) is 9.53. The van der Waals surface area contributed by atoms with E-state index in [9.17, 15) is 13.5 Å². The third-order valence-corrected chi connectivity index (χ3v) is 5.39. The molecular formula is C14H15N3O3S. The van der Waals surface area contributed by atoms with Gasteiger partial charge in [-0.25, -0.2) is 13.4 Å². The molecule has 0 amide bonds. The Kier molecular flexibility index (Phi) is 3.30. The van der Waals surface area contributed by atoms with Crippen LogP contribution >= 0.6 is 0 Å². The molecule has 1 aromatic carbocycles. The quantitative estimate of drug-likeness (QED) is 0.866. The van der Waals surface area contributed by atoms with Gasteiger partial charge in [-0.05, 0) is 41.8 Å². The van der Waals surface area contributed by atoms with Gasteiger partial charge < -0.3 is 10.8 Å². The SMILES string of the molecule is Nc1ccc(S(=O)(=O)N2CCc3ccc(O)cc3C2)cn1. The number of rotatable bonds is 2. The van der Waals surface area contributed by atoms with Crippen molar-refractivity contribution in [1.29, 1.82) is 0 Å². The molecule has 110 valence electrons. The number of nitrogen functional groups attached to an aromatic ring is 1. The van der Waals surface area contributed by atoms with E-state index in [2.05, 4.69) is 4.98 Å². The van der Waals surface area contributed by atoms with Crippen molar-refractivity contribution >= 4 is 15.8 Å². The molecule has 0 radical (unpaired) electrons. The fourth-order valence-electron chi connectivity index (χ4n) is 2.42. The molecule has 0 spiro atoms. The Balaban J connectivity index is 1.93. The van der Waals surface area contributed by atoms with E-state index in [1.165, 1.54) is 22.6 Å². The summed E-state index contributed by atoms with van der Waals surface area (Å²) in [5.41, 5.74) is 7.37. The molecule has 2 heterocycles. The Morgan fingerprint density at radius 2 is 2.00 bits per heavy atom. The zero-order valence-electron chi connectivity index (χ0n) is 11.2. The number of aromatic nitrogens is 1. The van der Waals surface area contributed by atoms with E-state index in [1.54, 1.807) is 12.1 Å². The first kappa shape index (κ1) is 13.8. The van der Waals surface area contributed by atoms with Gasteiger partial charge in [-0.15, -0.1) is 0 Å². The summed E-state index contributed by atoms with van der Waals surface area (Å²) in [6.45, 7) is 0.654. The lowest BCUT2D eigenvalue weighted by Crippen LogP contribution is -2.36. The van der Waals surface area contributed by atoms with E-state index >= 15 is 0 Å². The summed E-state index contributed by atoms with van der Waals surface area (Å²) < 4.78 is 26.5. The van der Waals surface area contributed by atoms with Gasteiger partial charge in [0.15, 0.2) is 0 Å². The van der Waals surface area contributed by atoms with Gasteiger partial charge in [-0.2, -0.15) is 4.31 Å². The van der Waals surface area contributed by atoms with E-state index < -0.39 is 10.0 Å². The molecular weight excluding hydrogens is 290 g/mol. The second-order valence-corrected chi connectivity index (χ2v) is 6.90. The predicted octanol–water partition coefficient (Wildman–Crippen LogP) is 1.12. The van der Waals surface area contributed by atoms with E-state index in [4.69, 9.17) is 5.73 Å². The van der Waals surface area contributed by atoms with Crippen LogP contribution in [0, 0.1) is 0 Å². The average Bonchev–Trinajstić information content (AvgIpc) is 2.47. The van der Waals surface area contributed by atoms with Gasteiger partial charge in [-0.3, -0.25) is 0 Å². The van der Waals surface area contributed by atoms with Gasteiger partial charge in [0, 0.05) is 19.3 Å². The zero-order valence-corrected chi connectivity index (χ0v) is 12.0. The molecule has 0 unspecified atom stereocenters. The summed E-state index contributed by atoms with van der Waals surface area (Å²) >= 11 is 0. The van der Waals surface area contributed by atoms with Gasteiger partial charge in [0.2, 0.25) is 10.0 Å². The van der Waals surface area contributed by atoms with Crippen LogP contribution in [0.5, 0.6) is 5.75 Å². The molecule has 1 aliphatic heterocycles. The highest BCUT2D eigenvalue weighted by atomic mass is 32.2. The van der Waals surface area contributed by atoms with Crippen LogP contribution in [0.4, 0.5) is 5.82 Å². The molecule has 0 atom stereocenters. The fraction of sp³-hybridized carbons (Fsp3) is 0.214.